The van der Waals surface area contributed by atoms with Crippen LogP contribution in [0.4, 0.5) is 5.69 Å². The van der Waals surface area contributed by atoms with Crippen molar-refractivity contribution in [2.75, 3.05) is 5.32 Å². The molecule has 0 spiro atoms. The Morgan fingerprint density at radius 2 is 1.67 bits per heavy atom. The molecule has 0 unspecified atom stereocenters. The van der Waals surface area contributed by atoms with Crippen molar-refractivity contribution in [1.82, 2.24) is 0 Å². The molecule has 2 rings (SSSR count). The van der Waals surface area contributed by atoms with E-state index in [0.29, 0.717) is 0 Å². The molecule has 0 saturated heterocycles. The molecule has 0 aliphatic heterocycles. The van der Waals surface area contributed by atoms with Crippen LogP contribution >= 0.6 is 0 Å². The fourth-order valence-electron chi connectivity index (χ4n) is 1.83. The van der Waals surface area contributed by atoms with Crippen molar-refractivity contribution < 1.29 is 0 Å². The summed E-state index contributed by atoms with van der Waals surface area (Å²) in [6, 6.07) is 18.3. The molecule has 0 heterocycles. The van der Waals surface area contributed by atoms with Crippen LogP contribution < -0.4 is 15.8 Å². The largest absolute Gasteiger partial charge is 0.355 e. The van der Waals surface area contributed by atoms with Gasteiger partial charge in [0.1, 0.15) is 0 Å². The molecular weight excluding hydrogens is 218 g/mol. The first kappa shape index (κ1) is 12.2. The number of nitrogens with one attached hydrogen (secondary N) is 1. The van der Waals surface area contributed by atoms with Crippen LogP contribution in [0.25, 0.3) is 12.3 Å². The van der Waals surface area contributed by atoms with E-state index in [0.717, 1.165) is 21.8 Å². The van der Waals surface area contributed by atoms with E-state index in [1.54, 1.807) is 0 Å². The lowest BCUT2D eigenvalue weighted by Gasteiger charge is -2.07. The van der Waals surface area contributed by atoms with Crippen molar-refractivity contribution in [2.24, 2.45) is 0 Å². The van der Waals surface area contributed by atoms with Crippen LogP contribution in [-0.4, -0.2) is 0 Å². The van der Waals surface area contributed by atoms with Gasteiger partial charge in [-0.3, -0.25) is 0 Å². The summed E-state index contributed by atoms with van der Waals surface area (Å²) < 4.78 is 0. The predicted molar refractivity (Wildman–Crippen MR) is 79.5 cm³/mol. The highest BCUT2D eigenvalue weighted by Crippen LogP contribution is 2.09. The summed E-state index contributed by atoms with van der Waals surface area (Å²) in [5, 5.41) is 5.57. The van der Waals surface area contributed by atoms with Gasteiger partial charge in [0.25, 0.3) is 0 Å². The molecule has 0 radical (unpaired) electrons. The minimum absolute atomic E-state index is 1.02. The van der Waals surface area contributed by atoms with E-state index in [9.17, 15) is 0 Å². The van der Waals surface area contributed by atoms with Gasteiger partial charge in [-0.2, -0.15) is 0 Å². The second-order valence-corrected chi connectivity index (χ2v) is 4.06. The van der Waals surface area contributed by atoms with Gasteiger partial charge in [-0.1, -0.05) is 55.1 Å². The number of hydrogen-bond donors (Lipinski definition) is 1. The molecule has 90 valence electrons. The van der Waals surface area contributed by atoms with Gasteiger partial charge in [-0.15, -0.1) is 0 Å². The third-order valence-electron chi connectivity index (χ3n) is 2.69. The van der Waals surface area contributed by atoms with Crippen LogP contribution in [0.5, 0.6) is 0 Å². The quantitative estimate of drug-likeness (QED) is 0.862. The van der Waals surface area contributed by atoms with Crippen LogP contribution in [-0.2, 0) is 0 Å². The Hall–Kier alpha value is -2.28. The topological polar surface area (TPSA) is 12.0 Å². The molecule has 1 nitrogen and oxygen atoms in total. The molecule has 0 aliphatic rings. The zero-order valence-corrected chi connectivity index (χ0v) is 10.6. The molecule has 0 aliphatic carbocycles. The number of allylic oxidation sites excluding steroid dienone is 1. The van der Waals surface area contributed by atoms with Crippen molar-refractivity contribution in [3.05, 3.63) is 77.2 Å². The Kier molecular flexibility index (Phi) is 3.98. The fourth-order valence-corrected chi connectivity index (χ4v) is 1.83. The number of hydrogen-bond acceptors (Lipinski definition) is 1. The highest BCUT2D eigenvalue weighted by atomic mass is 14.9. The monoisotopic (exact) mass is 235 g/mol. The molecule has 0 amide bonds. The molecule has 0 bridgehead atoms. The lowest BCUT2D eigenvalue weighted by Crippen LogP contribution is -2.27. The van der Waals surface area contributed by atoms with Gasteiger partial charge in [-0.05, 0) is 30.4 Å². The summed E-state index contributed by atoms with van der Waals surface area (Å²) in [5.41, 5.74) is 2.14. The van der Waals surface area contributed by atoms with Crippen molar-refractivity contribution >= 4 is 18.0 Å². The molecule has 0 atom stereocenters. The summed E-state index contributed by atoms with van der Waals surface area (Å²) in [4.78, 5) is 0. The van der Waals surface area contributed by atoms with E-state index in [4.69, 9.17) is 0 Å². The van der Waals surface area contributed by atoms with Crippen molar-refractivity contribution in [1.29, 1.82) is 0 Å². The van der Waals surface area contributed by atoms with Gasteiger partial charge < -0.3 is 5.32 Å². The Balaban J connectivity index is 2.51. The van der Waals surface area contributed by atoms with Gasteiger partial charge in [-0.25, -0.2) is 0 Å². The van der Waals surface area contributed by atoms with Gasteiger partial charge in [0.2, 0.25) is 0 Å². The molecule has 0 saturated carbocycles. The van der Waals surface area contributed by atoms with E-state index in [-0.39, 0.29) is 0 Å². The third kappa shape index (κ3) is 2.89. The highest BCUT2D eigenvalue weighted by Gasteiger charge is 1.95. The standard InChI is InChI=1S/C17H17N/c1-3-9-17(16-13-8-7-10-14(16)2)18-15-11-5-4-6-12-15/h3-13,18H,2H2,1H3/b9-3?,17-16+. The Morgan fingerprint density at radius 3 is 2.33 bits per heavy atom. The van der Waals surface area contributed by atoms with Crippen molar-refractivity contribution in [3.63, 3.8) is 0 Å². The Labute approximate surface area is 108 Å². The van der Waals surface area contributed by atoms with Crippen molar-refractivity contribution in [2.45, 2.75) is 6.92 Å². The molecule has 18 heavy (non-hydrogen) atoms. The average molecular weight is 235 g/mol. The lowest BCUT2D eigenvalue weighted by atomic mass is 10.2. The maximum Gasteiger partial charge on any atom is 0.0460 e. The molecule has 0 fully saturated rings. The maximum absolute atomic E-state index is 4.07. The first-order chi connectivity index (χ1) is 8.81. The molecule has 0 aromatic heterocycles. The van der Waals surface area contributed by atoms with Crippen LogP contribution in [0.1, 0.15) is 6.92 Å². The second kappa shape index (κ2) is 5.87. The first-order valence-electron chi connectivity index (χ1n) is 6.04. The van der Waals surface area contributed by atoms with Crippen molar-refractivity contribution in [3.8, 4) is 0 Å². The van der Waals surface area contributed by atoms with E-state index in [1.807, 2.05) is 49.4 Å². The smallest absolute Gasteiger partial charge is 0.0460 e. The van der Waals surface area contributed by atoms with Crippen LogP contribution in [0.3, 0.4) is 0 Å². The highest BCUT2D eigenvalue weighted by molar-refractivity contribution is 5.71. The summed E-state index contributed by atoms with van der Waals surface area (Å²) in [6.07, 6.45) is 4.09. The van der Waals surface area contributed by atoms with Gasteiger partial charge >= 0.3 is 0 Å². The minimum atomic E-state index is 1.02. The first-order valence-corrected chi connectivity index (χ1v) is 6.04. The summed E-state index contributed by atoms with van der Waals surface area (Å²) in [6.45, 7) is 6.08. The zero-order valence-electron chi connectivity index (χ0n) is 10.6. The lowest BCUT2D eigenvalue weighted by molar-refractivity contribution is 1.47. The number of para-hydroxylation sites is 1. The van der Waals surface area contributed by atoms with Gasteiger partial charge in [0.05, 0.1) is 0 Å². The zero-order chi connectivity index (χ0) is 12.8. The van der Waals surface area contributed by atoms with Gasteiger partial charge in [0.15, 0.2) is 0 Å². The number of benzene rings is 2. The molecule has 1 N–H and O–H groups in total. The van der Waals surface area contributed by atoms with Crippen LogP contribution in [0.15, 0.2) is 66.7 Å². The molecule has 1 heteroatoms. The second-order valence-electron chi connectivity index (χ2n) is 4.06. The average Bonchev–Trinajstić information content (AvgIpc) is 2.40. The van der Waals surface area contributed by atoms with Crippen LogP contribution in [0, 0.1) is 0 Å². The summed E-state index contributed by atoms with van der Waals surface area (Å²) in [5.74, 6) is 0. The minimum Gasteiger partial charge on any atom is -0.355 e. The summed E-state index contributed by atoms with van der Waals surface area (Å²) in [7, 11) is 0. The molecule has 2 aromatic rings. The molecule has 2 aromatic carbocycles. The molecular formula is C17H17N. The normalized spacial score (nSPS) is 12.5. The van der Waals surface area contributed by atoms with E-state index >= 15 is 0 Å². The Morgan fingerprint density at radius 1 is 1.00 bits per heavy atom. The predicted octanol–water partition coefficient (Wildman–Crippen LogP) is 2.89. The number of anilines is 1. The SMILES string of the molecule is C=c1cccc/c1=C(/C=CC)Nc1ccccc1. The van der Waals surface area contributed by atoms with E-state index in [2.05, 4.69) is 36.2 Å². The fraction of sp³-hybridized carbons (Fsp3) is 0.0588. The van der Waals surface area contributed by atoms with Gasteiger partial charge in [0, 0.05) is 16.6 Å². The number of rotatable bonds is 3. The van der Waals surface area contributed by atoms with E-state index in [1.165, 1.54) is 0 Å². The van der Waals surface area contributed by atoms with E-state index < -0.39 is 0 Å². The van der Waals surface area contributed by atoms with Crippen LogP contribution in [0.2, 0.25) is 0 Å². The summed E-state index contributed by atoms with van der Waals surface area (Å²) >= 11 is 0. The Bertz CT molecular complexity index is 639. The third-order valence-corrected chi connectivity index (χ3v) is 2.69. The maximum atomic E-state index is 4.07.